The molecule has 3 N–H and O–H groups in total. The number of hydrogen-bond acceptors (Lipinski definition) is 4. The number of nitrogens with zero attached hydrogens (tertiary/aromatic N) is 1. The molecule has 0 radical (unpaired) electrons. The fourth-order valence-electron chi connectivity index (χ4n) is 1.11. The van der Waals surface area contributed by atoms with Crippen molar-refractivity contribution in [3.05, 3.63) is 11.3 Å². The van der Waals surface area contributed by atoms with Crippen LogP contribution in [0.15, 0.2) is 0 Å². The van der Waals surface area contributed by atoms with E-state index in [9.17, 15) is 4.79 Å². The molecule has 72 valence electrons. The minimum atomic E-state index is -0.399. The van der Waals surface area contributed by atoms with Gasteiger partial charge in [-0.2, -0.15) is 5.10 Å². The molecule has 1 aromatic rings. The SMILES string of the molecule is CCOC(=O)c1[nH]nc(N)c1CC. The number of H-pyrrole nitrogens is 1. The van der Waals surface area contributed by atoms with Gasteiger partial charge in [0, 0.05) is 5.56 Å². The van der Waals surface area contributed by atoms with Crippen LogP contribution in [-0.2, 0) is 11.2 Å². The minimum absolute atomic E-state index is 0.348. The molecule has 5 nitrogen and oxygen atoms in total. The topological polar surface area (TPSA) is 81.0 Å². The van der Waals surface area contributed by atoms with Crippen LogP contribution in [0.3, 0.4) is 0 Å². The molecule has 0 spiro atoms. The maximum absolute atomic E-state index is 11.3. The quantitative estimate of drug-likeness (QED) is 0.677. The smallest absolute Gasteiger partial charge is 0.356 e. The summed E-state index contributed by atoms with van der Waals surface area (Å²) in [5, 5.41) is 6.30. The Morgan fingerprint density at radius 1 is 1.62 bits per heavy atom. The van der Waals surface area contributed by atoms with Crippen molar-refractivity contribution >= 4 is 11.8 Å². The lowest BCUT2D eigenvalue weighted by molar-refractivity contribution is 0.0518. The third kappa shape index (κ3) is 1.80. The lowest BCUT2D eigenvalue weighted by atomic mass is 10.2. The van der Waals surface area contributed by atoms with Gasteiger partial charge in [0.15, 0.2) is 0 Å². The van der Waals surface area contributed by atoms with Gasteiger partial charge in [0.1, 0.15) is 11.5 Å². The number of hydrogen-bond donors (Lipinski definition) is 2. The highest BCUT2D eigenvalue weighted by Crippen LogP contribution is 2.14. The molecule has 1 heterocycles. The van der Waals surface area contributed by atoms with Crippen LogP contribution in [0, 0.1) is 0 Å². The Hall–Kier alpha value is -1.52. The molecule has 5 heteroatoms. The van der Waals surface area contributed by atoms with Crippen molar-refractivity contribution in [3.8, 4) is 0 Å². The van der Waals surface area contributed by atoms with Crippen LogP contribution in [0.2, 0.25) is 0 Å². The van der Waals surface area contributed by atoms with Gasteiger partial charge in [0.05, 0.1) is 6.61 Å². The zero-order chi connectivity index (χ0) is 9.84. The Bertz CT molecular complexity index is 306. The summed E-state index contributed by atoms with van der Waals surface area (Å²) >= 11 is 0. The van der Waals surface area contributed by atoms with Crippen molar-refractivity contribution in [1.29, 1.82) is 0 Å². The van der Waals surface area contributed by atoms with E-state index in [4.69, 9.17) is 10.5 Å². The van der Waals surface area contributed by atoms with E-state index in [2.05, 4.69) is 10.2 Å². The average molecular weight is 183 g/mol. The molecule has 0 aliphatic rings. The van der Waals surface area contributed by atoms with Crippen LogP contribution in [0.1, 0.15) is 29.9 Å². The average Bonchev–Trinajstić information content (AvgIpc) is 2.47. The van der Waals surface area contributed by atoms with E-state index in [0.717, 1.165) is 5.56 Å². The highest BCUT2D eigenvalue weighted by molar-refractivity contribution is 5.90. The number of nitrogens with two attached hydrogens (primary N) is 1. The Morgan fingerprint density at radius 2 is 2.31 bits per heavy atom. The first-order chi connectivity index (χ1) is 6.20. The summed E-state index contributed by atoms with van der Waals surface area (Å²) in [6, 6.07) is 0. The first kappa shape index (κ1) is 9.57. The zero-order valence-electron chi connectivity index (χ0n) is 7.76. The summed E-state index contributed by atoms with van der Waals surface area (Å²) in [7, 11) is 0. The predicted octanol–water partition coefficient (Wildman–Crippen LogP) is 0.731. The molecule has 0 aliphatic heterocycles. The van der Waals surface area contributed by atoms with Gasteiger partial charge in [0.2, 0.25) is 0 Å². The van der Waals surface area contributed by atoms with Gasteiger partial charge in [-0.05, 0) is 13.3 Å². The summed E-state index contributed by atoms with van der Waals surface area (Å²) in [5.41, 5.74) is 6.62. The molecule has 0 atom stereocenters. The Labute approximate surface area is 76.3 Å². The molecular formula is C8H13N3O2. The number of rotatable bonds is 3. The van der Waals surface area contributed by atoms with Gasteiger partial charge < -0.3 is 10.5 Å². The van der Waals surface area contributed by atoms with Crippen LogP contribution in [0.25, 0.3) is 0 Å². The third-order valence-corrected chi connectivity index (χ3v) is 1.73. The Balaban J connectivity index is 2.93. The van der Waals surface area contributed by atoms with Crippen molar-refractivity contribution in [1.82, 2.24) is 10.2 Å². The van der Waals surface area contributed by atoms with Gasteiger partial charge >= 0.3 is 5.97 Å². The van der Waals surface area contributed by atoms with E-state index in [0.29, 0.717) is 24.5 Å². The van der Waals surface area contributed by atoms with E-state index in [-0.39, 0.29) is 0 Å². The third-order valence-electron chi connectivity index (χ3n) is 1.73. The normalized spacial score (nSPS) is 10.0. The van der Waals surface area contributed by atoms with Crippen molar-refractivity contribution in [2.24, 2.45) is 0 Å². The van der Waals surface area contributed by atoms with E-state index >= 15 is 0 Å². The number of aromatic amines is 1. The highest BCUT2D eigenvalue weighted by Gasteiger charge is 2.16. The largest absolute Gasteiger partial charge is 0.461 e. The summed E-state index contributed by atoms with van der Waals surface area (Å²) in [5.74, 6) is -0.0332. The molecule has 1 aromatic heterocycles. The second kappa shape index (κ2) is 3.93. The molecule has 0 fully saturated rings. The van der Waals surface area contributed by atoms with Gasteiger partial charge in [-0.15, -0.1) is 0 Å². The molecule has 0 aromatic carbocycles. The van der Waals surface area contributed by atoms with Crippen molar-refractivity contribution in [2.75, 3.05) is 12.3 Å². The number of anilines is 1. The van der Waals surface area contributed by atoms with Crippen molar-refractivity contribution < 1.29 is 9.53 Å². The number of carbonyl (C=O) groups excluding carboxylic acids is 1. The maximum atomic E-state index is 11.3. The molecule has 0 aliphatic carbocycles. The second-order valence-electron chi connectivity index (χ2n) is 2.54. The molecule has 0 saturated heterocycles. The standard InChI is InChI=1S/C8H13N3O2/c1-3-5-6(8(12)13-4-2)10-11-7(5)9/h3-4H2,1-2H3,(H3,9,10,11). The van der Waals surface area contributed by atoms with Gasteiger partial charge in [0.25, 0.3) is 0 Å². The van der Waals surface area contributed by atoms with Crippen LogP contribution in [0.5, 0.6) is 0 Å². The van der Waals surface area contributed by atoms with Crippen molar-refractivity contribution in [3.63, 3.8) is 0 Å². The summed E-state index contributed by atoms with van der Waals surface area (Å²) in [6.07, 6.45) is 0.663. The summed E-state index contributed by atoms with van der Waals surface area (Å²) in [4.78, 5) is 11.3. The van der Waals surface area contributed by atoms with Gasteiger partial charge in [-0.3, -0.25) is 5.10 Å². The van der Waals surface area contributed by atoms with E-state index in [1.807, 2.05) is 6.92 Å². The molecule has 13 heavy (non-hydrogen) atoms. The molecule has 0 amide bonds. The molecule has 0 unspecified atom stereocenters. The number of nitrogen functional groups attached to an aromatic ring is 1. The molecule has 0 saturated carbocycles. The lowest BCUT2D eigenvalue weighted by Gasteiger charge is -2.00. The minimum Gasteiger partial charge on any atom is -0.461 e. The number of ether oxygens (including phenoxy) is 1. The van der Waals surface area contributed by atoms with E-state index in [1.54, 1.807) is 6.92 Å². The van der Waals surface area contributed by atoms with Crippen LogP contribution in [0.4, 0.5) is 5.82 Å². The number of esters is 1. The van der Waals surface area contributed by atoms with E-state index in [1.165, 1.54) is 0 Å². The van der Waals surface area contributed by atoms with Crippen LogP contribution < -0.4 is 5.73 Å². The fraction of sp³-hybridized carbons (Fsp3) is 0.500. The Morgan fingerprint density at radius 3 is 2.85 bits per heavy atom. The second-order valence-corrected chi connectivity index (χ2v) is 2.54. The summed E-state index contributed by atoms with van der Waals surface area (Å²) < 4.78 is 4.82. The molecule has 0 bridgehead atoms. The number of nitrogens with one attached hydrogen (secondary N) is 1. The number of aromatic nitrogens is 2. The molecule has 1 rings (SSSR count). The Kier molecular flexibility index (Phi) is 2.89. The van der Waals surface area contributed by atoms with Crippen LogP contribution >= 0.6 is 0 Å². The first-order valence-electron chi connectivity index (χ1n) is 4.20. The summed E-state index contributed by atoms with van der Waals surface area (Å²) in [6.45, 7) is 4.01. The van der Waals surface area contributed by atoms with Crippen molar-refractivity contribution in [2.45, 2.75) is 20.3 Å². The zero-order valence-corrected chi connectivity index (χ0v) is 7.76. The monoisotopic (exact) mass is 183 g/mol. The highest BCUT2D eigenvalue weighted by atomic mass is 16.5. The maximum Gasteiger partial charge on any atom is 0.356 e. The molecular weight excluding hydrogens is 170 g/mol. The fourth-order valence-corrected chi connectivity index (χ4v) is 1.11. The predicted molar refractivity (Wildman–Crippen MR) is 48.3 cm³/mol. The first-order valence-corrected chi connectivity index (χ1v) is 4.20. The van der Waals surface area contributed by atoms with E-state index < -0.39 is 5.97 Å². The lowest BCUT2D eigenvalue weighted by Crippen LogP contribution is -2.07. The van der Waals surface area contributed by atoms with Gasteiger partial charge in [-0.25, -0.2) is 4.79 Å². The van der Waals surface area contributed by atoms with Gasteiger partial charge in [-0.1, -0.05) is 6.92 Å². The number of carbonyl (C=O) groups is 1. The van der Waals surface area contributed by atoms with Crippen LogP contribution in [-0.4, -0.2) is 22.8 Å².